The maximum atomic E-state index is 14.0. The van der Waals surface area contributed by atoms with E-state index in [1.807, 2.05) is 6.33 Å². The Morgan fingerprint density at radius 2 is 1.68 bits per heavy atom. The SMILES string of the molecule is O=C(C1CCCCC1)C(C1CCc2ccccc2N1)N1CCC(n2cnc3ccccc32)CC1. The molecule has 5 nitrogen and oxygen atoms in total. The van der Waals surface area contributed by atoms with Crippen molar-refractivity contribution in [1.29, 1.82) is 0 Å². The van der Waals surface area contributed by atoms with Crippen LogP contribution in [0.5, 0.6) is 0 Å². The molecular formula is C29H36N4O. The van der Waals surface area contributed by atoms with Gasteiger partial charge in [-0.2, -0.15) is 0 Å². The van der Waals surface area contributed by atoms with Gasteiger partial charge in [0.2, 0.25) is 0 Å². The second-order valence-electron chi connectivity index (χ2n) is 10.5. The van der Waals surface area contributed by atoms with Crippen molar-refractivity contribution >= 4 is 22.5 Å². The zero-order valence-corrected chi connectivity index (χ0v) is 20.0. The van der Waals surface area contributed by atoms with Gasteiger partial charge in [-0.05, 0) is 62.3 Å². The van der Waals surface area contributed by atoms with Crippen LogP contribution in [0, 0.1) is 5.92 Å². The number of aryl methyl sites for hydroxylation is 1. The van der Waals surface area contributed by atoms with Crippen molar-refractivity contribution < 1.29 is 4.79 Å². The number of nitrogens with one attached hydrogen (secondary N) is 1. The molecule has 1 aromatic heterocycles. The quantitative estimate of drug-likeness (QED) is 0.542. The van der Waals surface area contributed by atoms with E-state index in [4.69, 9.17) is 0 Å². The summed E-state index contributed by atoms with van der Waals surface area (Å²) in [5.41, 5.74) is 4.90. The predicted octanol–water partition coefficient (Wildman–Crippen LogP) is 5.62. The van der Waals surface area contributed by atoms with Crippen molar-refractivity contribution in [2.75, 3.05) is 18.4 Å². The summed E-state index contributed by atoms with van der Waals surface area (Å²) in [6, 6.07) is 17.7. The Balaban J connectivity index is 1.22. The molecule has 3 aliphatic rings. The van der Waals surface area contributed by atoms with E-state index in [0.717, 1.165) is 57.1 Å². The number of hydrogen-bond acceptors (Lipinski definition) is 4. The van der Waals surface area contributed by atoms with Gasteiger partial charge in [-0.25, -0.2) is 4.98 Å². The van der Waals surface area contributed by atoms with E-state index in [0.29, 0.717) is 11.8 Å². The van der Waals surface area contributed by atoms with E-state index in [9.17, 15) is 4.79 Å². The Labute approximate surface area is 202 Å². The first kappa shape index (κ1) is 21.8. The van der Waals surface area contributed by atoms with Crippen LogP contribution in [0.1, 0.15) is 63.0 Å². The summed E-state index contributed by atoms with van der Waals surface area (Å²) in [5, 5.41) is 3.80. The Bertz CT molecular complexity index is 1140. The number of carbonyl (C=O) groups excluding carboxylic acids is 1. The number of fused-ring (bicyclic) bond motifs is 2. The molecule has 6 rings (SSSR count). The number of imidazole rings is 1. The van der Waals surface area contributed by atoms with Crippen LogP contribution in [0.4, 0.5) is 5.69 Å². The Morgan fingerprint density at radius 1 is 0.912 bits per heavy atom. The molecule has 0 radical (unpaired) electrons. The molecule has 2 fully saturated rings. The van der Waals surface area contributed by atoms with Crippen LogP contribution >= 0.6 is 0 Å². The Hall–Kier alpha value is -2.66. The van der Waals surface area contributed by atoms with Crippen molar-refractivity contribution in [2.24, 2.45) is 5.92 Å². The molecule has 1 aliphatic carbocycles. The molecular weight excluding hydrogens is 420 g/mol. The third-order valence-electron chi connectivity index (χ3n) is 8.53. The predicted molar refractivity (Wildman–Crippen MR) is 137 cm³/mol. The molecule has 0 spiro atoms. The number of piperidine rings is 1. The first-order chi connectivity index (χ1) is 16.8. The lowest BCUT2D eigenvalue weighted by molar-refractivity contribution is -0.130. The highest BCUT2D eigenvalue weighted by atomic mass is 16.1. The van der Waals surface area contributed by atoms with Gasteiger partial charge in [-0.1, -0.05) is 49.6 Å². The number of benzene rings is 2. The summed E-state index contributed by atoms with van der Waals surface area (Å²) in [7, 11) is 0. The molecule has 3 aromatic rings. The molecule has 2 aliphatic heterocycles. The number of likely N-dealkylation sites (tertiary alicyclic amines) is 1. The van der Waals surface area contributed by atoms with Crippen LogP contribution in [0.3, 0.4) is 0 Å². The number of carbonyl (C=O) groups is 1. The van der Waals surface area contributed by atoms with Gasteiger partial charge in [0.1, 0.15) is 0 Å². The number of aromatic nitrogens is 2. The van der Waals surface area contributed by atoms with Crippen LogP contribution < -0.4 is 5.32 Å². The van der Waals surface area contributed by atoms with Crippen molar-refractivity contribution in [1.82, 2.24) is 14.5 Å². The first-order valence-corrected chi connectivity index (χ1v) is 13.3. The van der Waals surface area contributed by atoms with Gasteiger partial charge >= 0.3 is 0 Å². The minimum absolute atomic E-state index is 0.0167. The van der Waals surface area contributed by atoms with Crippen LogP contribution in [0.15, 0.2) is 54.9 Å². The van der Waals surface area contributed by atoms with Crippen LogP contribution in [0.25, 0.3) is 11.0 Å². The minimum Gasteiger partial charge on any atom is -0.380 e. The highest BCUT2D eigenvalue weighted by Gasteiger charge is 2.40. The number of nitrogens with zero attached hydrogens (tertiary/aromatic N) is 3. The molecule has 1 saturated carbocycles. The summed E-state index contributed by atoms with van der Waals surface area (Å²) in [6.45, 7) is 1.94. The summed E-state index contributed by atoms with van der Waals surface area (Å²) < 4.78 is 2.36. The van der Waals surface area contributed by atoms with Crippen LogP contribution in [-0.2, 0) is 11.2 Å². The lowest BCUT2D eigenvalue weighted by atomic mass is 9.79. The maximum absolute atomic E-state index is 14.0. The molecule has 5 heteroatoms. The summed E-state index contributed by atoms with van der Waals surface area (Å²) in [5.74, 6) is 0.746. The highest BCUT2D eigenvalue weighted by molar-refractivity contribution is 5.88. The number of ketones is 1. The second kappa shape index (κ2) is 9.53. The van der Waals surface area contributed by atoms with Crippen molar-refractivity contribution in [2.45, 2.75) is 75.9 Å². The van der Waals surface area contributed by atoms with Crippen LogP contribution in [0.2, 0.25) is 0 Å². The van der Waals surface area contributed by atoms with E-state index in [2.05, 4.69) is 68.3 Å². The topological polar surface area (TPSA) is 50.2 Å². The number of para-hydroxylation sites is 3. The smallest absolute Gasteiger partial charge is 0.155 e. The average Bonchev–Trinajstić information content (AvgIpc) is 3.34. The minimum atomic E-state index is -0.0167. The van der Waals surface area contributed by atoms with Gasteiger partial charge in [0.25, 0.3) is 0 Å². The molecule has 1 saturated heterocycles. The second-order valence-corrected chi connectivity index (χ2v) is 10.5. The lowest BCUT2D eigenvalue weighted by Gasteiger charge is -2.44. The molecule has 34 heavy (non-hydrogen) atoms. The van der Waals surface area contributed by atoms with E-state index in [1.54, 1.807) is 0 Å². The Morgan fingerprint density at radius 3 is 2.53 bits per heavy atom. The van der Waals surface area contributed by atoms with E-state index in [1.165, 1.54) is 36.0 Å². The van der Waals surface area contributed by atoms with Crippen molar-refractivity contribution in [3.63, 3.8) is 0 Å². The molecule has 1 N–H and O–H groups in total. The van der Waals surface area contributed by atoms with E-state index >= 15 is 0 Å². The van der Waals surface area contributed by atoms with Gasteiger partial charge < -0.3 is 9.88 Å². The van der Waals surface area contributed by atoms with Gasteiger partial charge in [-0.15, -0.1) is 0 Å². The fourth-order valence-corrected chi connectivity index (χ4v) is 6.67. The number of hydrogen-bond donors (Lipinski definition) is 1. The lowest BCUT2D eigenvalue weighted by Crippen LogP contribution is -2.56. The monoisotopic (exact) mass is 456 g/mol. The van der Waals surface area contributed by atoms with Gasteiger partial charge in [-0.3, -0.25) is 9.69 Å². The normalized spacial score (nSPS) is 23.4. The zero-order chi connectivity index (χ0) is 22.9. The Kier molecular flexibility index (Phi) is 6.13. The van der Waals surface area contributed by atoms with Gasteiger partial charge in [0.15, 0.2) is 5.78 Å². The standard InChI is InChI=1S/C29H36N4O/c34-29(22-9-2-1-3-10-22)28(26-15-14-21-8-4-5-11-24(21)31-26)32-18-16-23(17-19-32)33-20-30-25-12-6-7-13-27(25)33/h4-8,11-13,20,22-23,26,28,31H,1-3,9-10,14-19H2. The fraction of sp³-hybridized carbons (Fsp3) is 0.517. The third kappa shape index (κ3) is 4.15. The molecule has 0 bridgehead atoms. The largest absolute Gasteiger partial charge is 0.380 e. The highest BCUT2D eigenvalue weighted by Crippen LogP contribution is 2.34. The third-order valence-corrected chi connectivity index (χ3v) is 8.53. The van der Waals surface area contributed by atoms with Crippen molar-refractivity contribution in [3.05, 3.63) is 60.4 Å². The molecule has 3 heterocycles. The fourth-order valence-electron chi connectivity index (χ4n) is 6.67. The molecule has 0 amide bonds. The van der Waals surface area contributed by atoms with Gasteiger partial charge in [0.05, 0.1) is 23.4 Å². The first-order valence-electron chi connectivity index (χ1n) is 13.3. The molecule has 2 unspecified atom stereocenters. The van der Waals surface area contributed by atoms with Gasteiger partial charge in [0, 0.05) is 36.8 Å². The summed E-state index contributed by atoms with van der Waals surface area (Å²) in [6.07, 6.45) is 12.1. The zero-order valence-electron chi connectivity index (χ0n) is 20.0. The average molecular weight is 457 g/mol. The van der Waals surface area contributed by atoms with Crippen molar-refractivity contribution in [3.8, 4) is 0 Å². The number of anilines is 1. The maximum Gasteiger partial charge on any atom is 0.155 e. The number of rotatable bonds is 5. The summed E-state index contributed by atoms with van der Waals surface area (Å²) in [4.78, 5) is 21.1. The van der Waals surface area contributed by atoms with E-state index < -0.39 is 0 Å². The number of Topliss-reactive ketones (excluding diaryl/α,β-unsaturated/α-hetero) is 1. The van der Waals surface area contributed by atoms with Crippen LogP contribution in [-0.4, -0.2) is 45.4 Å². The molecule has 2 aromatic carbocycles. The molecule has 2 atom stereocenters. The molecule has 178 valence electrons. The summed E-state index contributed by atoms with van der Waals surface area (Å²) >= 11 is 0. The van der Waals surface area contributed by atoms with E-state index in [-0.39, 0.29) is 18.0 Å².